The van der Waals surface area contributed by atoms with Crippen molar-refractivity contribution < 1.29 is 0 Å². The van der Waals surface area contributed by atoms with Crippen LogP contribution in [-0.2, 0) is 0 Å². The van der Waals surface area contributed by atoms with E-state index in [1.807, 2.05) is 0 Å². The van der Waals surface area contributed by atoms with E-state index >= 15 is 0 Å². The van der Waals surface area contributed by atoms with Crippen molar-refractivity contribution in [2.24, 2.45) is 11.7 Å². The third kappa shape index (κ3) is 1.01. The fourth-order valence-corrected chi connectivity index (χ4v) is 1.20. The minimum Gasteiger partial charge on any atom is -0.326 e. The van der Waals surface area contributed by atoms with Crippen LogP contribution in [0.15, 0.2) is 0 Å². The van der Waals surface area contributed by atoms with Crippen molar-refractivity contribution in [2.45, 2.75) is 19.4 Å². The van der Waals surface area contributed by atoms with Crippen LogP contribution in [0.4, 0.5) is 0 Å². The number of hydrogen-bond acceptors (Lipinski definition) is 2. The van der Waals surface area contributed by atoms with Gasteiger partial charge in [0.1, 0.15) is 0 Å². The molecule has 3 N–H and O–H groups in total. The summed E-state index contributed by atoms with van der Waals surface area (Å²) in [5.41, 5.74) is 5.73. The zero-order chi connectivity index (χ0) is 5.98. The molecular weight excluding hydrogens is 100 g/mol. The first-order valence-electron chi connectivity index (χ1n) is 3.31. The van der Waals surface area contributed by atoms with Crippen molar-refractivity contribution in [3.8, 4) is 0 Å². The van der Waals surface area contributed by atoms with Crippen LogP contribution < -0.4 is 11.1 Å². The molecule has 2 heteroatoms. The van der Waals surface area contributed by atoms with E-state index in [9.17, 15) is 0 Å². The van der Waals surface area contributed by atoms with Crippen LogP contribution in [0.5, 0.6) is 0 Å². The molecule has 0 amide bonds. The second-order valence-corrected chi connectivity index (χ2v) is 2.49. The highest BCUT2D eigenvalue weighted by molar-refractivity contribution is 4.82. The minimum absolute atomic E-state index is 0.417. The molecule has 0 aromatic rings. The first-order valence-corrected chi connectivity index (χ1v) is 3.31. The second kappa shape index (κ2) is 2.46. The molecule has 2 unspecified atom stereocenters. The van der Waals surface area contributed by atoms with Gasteiger partial charge in [-0.15, -0.1) is 0 Å². The van der Waals surface area contributed by atoms with E-state index in [1.165, 1.54) is 6.42 Å². The quantitative estimate of drug-likeness (QED) is 0.501. The Morgan fingerprint density at radius 1 is 1.62 bits per heavy atom. The Morgan fingerprint density at radius 3 is 2.62 bits per heavy atom. The summed E-state index contributed by atoms with van der Waals surface area (Å²) in [5, 5.41) is 3.25. The van der Waals surface area contributed by atoms with Crippen molar-refractivity contribution in [2.75, 3.05) is 13.1 Å². The highest BCUT2D eigenvalue weighted by Crippen LogP contribution is 2.09. The molecule has 0 spiro atoms. The Morgan fingerprint density at radius 2 is 2.38 bits per heavy atom. The van der Waals surface area contributed by atoms with Crippen LogP contribution in [-0.4, -0.2) is 19.1 Å². The molecule has 1 rings (SSSR count). The molecule has 2 atom stereocenters. The van der Waals surface area contributed by atoms with Crippen molar-refractivity contribution in [3.05, 3.63) is 0 Å². The molecule has 1 aliphatic heterocycles. The number of rotatable bonds is 1. The fourth-order valence-electron chi connectivity index (χ4n) is 1.20. The standard InChI is InChI=1S/C6H14N2/c1-2-5-3-8-4-6(5)7/h5-6,8H,2-4,7H2,1H3. The summed E-state index contributed by atoms with van der Waals surface area (Å²) in [7, 11) is 0. The Hall–Kier alpha value is -0.0800. The fraction of sp³-hybridized carbons (Fsp3) is 1.00. The van der Waals surface area contributed by atoms with Gasteiger partial charge in [0, 0.05) is 12.6 Å². The zero-order valence-electron chi connectivity index (χ0n) is 5.35. The van der Waals surface area contributed by atoms with Crippen molar-refractivity contribution in [1.82, 2.24) is 5.32 Å². The summed E-state index contributed by atoms with van der Waals surface area (Å²) >= 11 is 0. The summed E-state index contributed by atoms with van der Waals surface area (Å²) in [6.07, 6.45) is 1.22. The maximum absolute atomic E-state index is 5.73. The van der Waals surface area contributed by atoms with E-state index in [-0.39, 0.29) is 0 Å². The Kier molecular flexibility index (Phi) is 1.86. The van der Waals surface area contributed by atoms with Gasteiger partial charge in [-0.05, 0) is 12.5 Å². The maximum atomic E-state index is 5.73. The molecule has 8 heavy (non-hydrogen) atoms. The van der Waals surface area contributed by atoms with Gasteiger partial charge in [0.2, 0.25) is 0 Å². The van der Waals surface area contributed by atoms with E-state index in [1.54, 1.807) is 0 Å². The predicted octanol–water partition coefficient (Wildman–Crippen LogP) is -0.0569. The molecule has 0 aromatic carbocycles. The molecule has 0 aromatic heterocycles. The monoisotopic (exact) mass is 114 g/mol. The van der Waals surface area contributed by atoms with Gasteiger partial charge in [0.25, 0.3) is 0 Å². The van der Waals surface area contributed by atoms with Gasteiger partial charge in [0.05, 0.1) is 0 Å². The smallest absolute Gasteiger partial charge is 0.0206 e. The van der Waals surface area contributed by atoms with Crippen LogP contribution in [0.3, 0.4) is 0 Å². The summed E-state index contributed by atoms with van der Waals surface area (Å²) in [5.74, 6) is 0.731. The van der Waals surface area contributed by atoms with Crippen LogP contribution >= 0.6 is 0 Å². The van der Waals surface area contributed by atoms with Crippen LogP contribution in [0.1, 0.15) is 13.3 Å². The van der Waals surface area contributed by atoms with Gasteiger partial charge in [-0.25, -0.2) is 0 Å². The van der Waals surface area contributed by atoms with Gasteiger partial charge in [-0.1, -0.05) is 13.3 Å². The van der Waals surface area contributed by atoms with E-state index in [2.05, 4.69) is 12.2 Å². The molecule has 2 nitrogen and oxygen atoms in total. The second-order valence-electron chi connectivity index (χ2n) is 2.49. The van der Waals surface area contributed by atoms with Gasteiger partial charge in [-0.2, -0.15) is 0 Å². The predicted molar refractivity (Wildman–Crippen MR) is 34.6 cm³/mol. The van der Waals surface area contributed by atoms with Gasteiger partial charge in [0.15, 0.2) is 0 Å². The Balaban J connectivity index is 2.30. The zero-order valence-corrected chi connectivity index (χ0v) is 5.35. The SMILES string of the molecule is CCC1CNCC1N. The largest absolute Gasteiger partial charge is 0.326 e. The lowest BCUT2D eigenvalue weighted by molar-refractivity contribution is 0.499. The summed E-state index contributed by atoms with van der Waals surface area (Å²) in [6.45, 7) is 4.33. The van der Waals surface area contributed by atoms with Crippen LogP contribution in [0.2, 0.25) is 0 Å². The van der Waals surface area contributed by atoms with Crippen molar-refractivity contribution >= 4 is 0 Å². The highest BCUT2D eigenvalue weighted by Gasteiger charge is 2.20. The summed E-state index contributed by atoms with van der Waals surface area (Å²) in [6, 6.07) is 0.417. The van der Waals surface area contributed by atoms with Crippen LogP contribution in [0, 0.1) is 5.92 Å². The Bertz CT molecular complexity index is 72.9. The first kappa shape index (κ1) is 6.05. The molecule has 1 heterocycles. The maximum Gasteiger partial charge on any atom is 0.0206 e. The third-order valence-corrected chi connectivity index (χ3v) is 1.92. The van der Waals surface area contributed by atoms with E-state index in [0.717, 1.165) is 19.0 Å². The lowest BCUT2D eigenvalue weighted by Crippen LogP contribution is -2.28. The van der Waals surface area contributed by atoms with E-state index < -0.39 is 0 Å². The average Bonchev–Trinajstić information content (AvgIpc) is 2.14. The first-order chi connectivity index (χ1) is 3.84. The topological polar surface area (TPSA) is 38.0 Å². The summed E-state index contributed by atoms with van der Waals surface area (Å²) in [4.78, 5) is 0. The molecule has 0 bridgehead atoms. The minimum atomic E-state index is 0.417. The molecule has 48 valence electrons. The van der Waals surface area contributed by atoms with Gasteiger partial charge in [-0.3, -0.25) is 0 Å². The van der Waals surface area contributed by atoms with Gasteiger partial charge >= 0.3 is 0 Å². The molecule has 1 fully saturated rings. The average molecular weight is 114 g/mol. The Labute approximate surface area is 50.4 Å². The lowest BCUT2D eigenvalue weighted by atomic mass is 10.0. The number of nitrogens with two attached hydrogens (primary N) is 1. The van der Waals surface area contributed by atoms with E-state index in [0.29, 0.717) is 6.04 Å². The molecule has 0 saturated carbocycles. The van der Waals surface area contributed by atoms with Gasteiger partial charge < -0.3 is 11.1 Å². The molecule has 0 radical (unpaired) electrons. The van der Waals surface area contributed by atoms with E-state index in [4.69, 9.17) is 5.73 Å². The molecular formula is C6H14N2. The number of nitrogens with one attached hydrogen (secondary N) is 1. The lowest BCUT2D eigenvalue weighted by Gasteiger charge is -2.08. The normalized spacial score (nSPS) is 38.2. The van der Waals surface area contributed by atoms with Crippen molar-refractivity contribution in [3.63, 3.8) is 0 Å². The summed E-state index contributed by atoms with van der Waals surface area (Å²) < 4.78 is 0. The molecule has 0 aliphatic carbocycles. The highest BCUT2D eigenvalue weighted by atomic mass is 15.0. The van der Waals surface area contributed by atoms with Crippen molar-refractivity contribution in [1.29, 1.82) is 0 Å². The third-order valence-electron chi connectivity index (χ3n) is 1.92. The van der Waals surface area contributed by atoms with Crippen LogP contribution in [0.25, 0.3) is 0 Å². The molecule has 1 aliphatic rings. The number of hydrogen-bond donors (Lipinski definition) is 2. The molecule has 1 saturated heterocycles.